The van der Waals surface area contributed by atoms with E-state index in [1.165, 1.54) is 5.39 Å². The third kappa shape index (κ3) is 2.24. The Morgan fingerprint density at radius 3 is 2.90 bits per heavy atom. The number of para-hydroxylation sites is 1. The standard InChI is InChI=1S/C14H18N6/c1-20-12-5-3-2-4-10(12)11(19-20)7-6-9-8-17-14(16)18-13(9)15/h2-5,9H,6-8H2,1H3,(H4,15,16,17,18). The maximum atomic E-state index is 5.91. The molecule has 6 heteroatoms. The number of nitrogens with two attached hydrogens (primary N) is 2. The number of benzene rings is 1. The fourth-order valence-corrected chi connectivity index (χ4v) is 2.58. The van der Waals surface area contributed by atoms with Gasteiger partial charge in [0.15, 0.2) is 0 Å². The largest absolute Gasteiger partial charge is 0.387 e. The average molecular weight is 270 g/mol. The van der Waals surface area contributed by atoms with Crippen LogP contribution in [0.5, 0.6) is 0 Å². The Labute approximate surface area is 117 Å². The Bertz CT molecular complexity index is 697. The van der Waals surface area contributed by atoms with E-state index in [1.807, 2.05) is 23.9 Å². The van der Waals surface area contributed by atoms with E-state index in [1.54, 1.807) is 0 Å². The van der Waals surface area contributed by atoms with Crippen LogP contribution in [0.25, 0.3) is 10.9 Å². The second-order valence-corrected chi connectivity index (χ2v) is 5.06. The first-order valence-corrected chi connectivity index (χ1v) is 6.69. The molecule has 0 spiro atoms. The minimum absolute atomic E-state index is 0.156. The minimum Gasteiger partial charge on any atom is -0.387 e. The number of hydrogen-bond acceptors (Lipinski definition) is 5. The Balaban J connectivity index is 1.77. The Hall–Kier alpha value is -2.37. The number of aryl methyl sites for hydroxylation is 2. The van der Waals surface area contributed by atoms with Crippen LogP contribution in [0.1, 0.15) is 12.1 Å². The lowest BCUT2D eigenvalue weighted by molar-refractivity contribution is 0.612. The molecule has 0 bridgehead atoms. The van der Waals surface area contributed by atoms with Crippen LogP contribution in [-0.2, 0) is 13.5 Å². The highest BCUT2D eigenvalue weighted by molar-refractivity contribution is 5.97. The van der Waals surface area contributed by atoms with E-state index in [-0.39, 0.29) is 11.9 Å². The number of aromatic nitrogens is 2. The third-order valence-corrected chi connectivity index (χ3v) is 3.70. The topological polar surface area (TPSA) is 94.6 Å². The van der Waals surface area contributed by atoms with Crippen molar-refractivity contribution in [3.05, 3.63) is 30.0 Å². The van der Waals surface area contributed by atoms with Gasteiger partial charge in [0.25, 0.3) is 0 Å². The molecule has 2 aromatic rings. The molecule has 0 radical (unpaired) electrons. The van der Waals surface area contributed by atoms with Gasteiger partial charge >= 0.3 is 0 Å². The summed E-state index contributed by atoms with van der Waals surface area (Å²) in [4.78, 5) is 8.18. The van der Waals surface area contributed by atoms with Crippen LogP contribution in [0.4, 0.5) is 0 Å². The Morgan fingerprint density at radius 2 is 2.10 bits per heavy atom. The van der Waals surface area contributed by atoms with Gasteiger partial charge in [0.1, 0.15) is 5.84 Å². The van der Waals surface area contributed by atoms with Gasteiger partial charge in [-0.2, -0.15) is 5.10 Å². The van der Waals surface area contributed by atoms with Crippen molar-refractivity contribution in [3.8, 4) is 0 Å². The van der Waals surface area contributed by atoms with Crippen LogP contribution in [0.3, 0.4) is 0 Å². The van der Waals surface area contributed by atoms with Crippen LogP contribution in [0.15, 0.2) is 34.3 Å². The molecule has 2 heterocycles. The maximum Gasteiger partial charge on any atom is 0.217 e. The molecule has 0 saturated heterocycles. The number of guanidine groups is 1. The highest BCUT2D eigenvalue weighted by atomic mass is 15.3. The smallest absolute Gasteiger partial charge is 0.217 e. The second-order valence-electron chi connectivity index (χ2n) is 5.06. The van der Waals surface area contributed by atoms with Crippen LogP contribution in [0.2, 0.25) is 0 Å². The SMILES string of the molecule is Cn1nc(CCC2CN=C(N)N=C2N)c2ccccc21. The molecule has 0 amide bonds. The molecular weight excluding hydrogens is 252 g/mol. The summed E-state index contributed by atoms with van der Waals surface area (Å²) in [7, 11) is 1.97. The quantitative estimate of drug-likeness (QED) is 0.864. The molecule has 104 valence electrons. The van der Waals surface area contributed by atoms with Gasteiger partial charge in [-0.3, -0.25) is 9.67 Å². The fourth-order valence-electron chi connectivity index (χ4n) is 2.58. The molecule has 3 rings (SSSR count). The summed E-state index contributed by atoms with van der Waals surface area (Å²) in [6.45, 7) is 0.617. The monoisotopic (exact) mass is 270 g/mol. The predicted octanol–water partition coefficient (Wildman–Crippen LogP) is 0.808. The van der Waals surface area contributed by atoms with Crippen molar-refractivity contribution < 1.29 is 0 Å². The molecular formula is C14H18N6. The summed E-state index contributed by atoms with van der Waals surface area (Å²) in [5.41, 5.74) is 13.7. The van der Waals surface area contributed by atoms with E-state index in [0.717, 1.165) is 24.1 Å². The van der Waals surface area contributed by atoms with Crippen molar-refractivity contribution in [2.24, 2.45) is 34.4 Å². The second kappa shape index (κ2) is 4.96. The summed E-state index contributed by atoms with van der Waals surface area (Å²) in [6.07, 6.45) is 1.74. The molecule has 1 atom stereocenters. The first-order chi connectivity index (χ1) is 9.65. The Kier molecular flexibility index (Phi) is 3.14. The molecule has 0 fully saturated rings. The van der Waals surface area contributed by atoms with E-state index in [4.69, 9.17) is 11.5 Å². The number of aliphatic imine (C=N–C) groups is 2. The maximum absolute atomic E-state index is 5.91. The normalized spacial score (nSPS) is 18.9. The molecule has 1 aliphatic rings. The first-order valence-electron chi connectivity index (χ1n) is 6.69. The van der Waals surface area contributed by atoms with Crippen molar-refractivity contribution >= 4 is 22.7 Å². The van der Waals surface area contributed by atoms with E-state index in [2.05, 4.69) is 27.2 Å². The van der Waals surface area contributed by atoms with Gasteiger partial charge < -0.3 is 11.5 Å². The number of amidine groups is 1. The van der Waals surface area contributed by atoms with Gasteiger partial charge in [0, 0.05) is 18.4 Å². The van der Waals surface area contributed by atoms with Crippen molar-refractivity contribution in [1.29, 1.82) is 0 Å². The molecule has 0 aliphatic carbocycles. The molecule has 1 aromatic heterocycles. The van der Waals surface area contributed by atoms with Crippen molar-refractivity contribution in [1.82, 2.24) is 9.78 Å². The van der Waals surface area contributed by atoms with Gasteiger partial charge in [-0.25, -0.2) is 4.99 Å². The van der Waals surface area contributed by atoms with Crippen molar-refractivity contribution in [2.75, 3.05) is 6.54 Å². The molecule has 6 nitrogen and oxygen atoms in total. The van der Waals surface area contributed by atoms with Crippen LogP contribution < -0.4 is 11.5 Å². The van der Waals surface area contributed by atoms with Crippen molar-refractivity contribution in [3.63, 3.8) is 0 Å². The summed E-state index contributed by atoms with van der Waals surface area (Å²) in [6, 6.07) is 8.24. The summed E-state index contributed by atoms with van der Waals surface area (Å²) < 4.78 is 1.92. The van der Waals surface area contributed by atoms with Gasteiger partial charge in [0.2, 0.25) is 5.96 Å². The lowest BCUT2D eigenvalue weighted by Gasteiger charge is -2.17. The summed E-state index contributed by atoms with van der Waals surface area (Å²) in [5.74, 6) is 1.02. The zero-order valence-corrected chi connectivity index (χ0v) is 11.5. The van der Waals surface area contributed by atoms with Gasteiger partial charge in [-0.15, -0.1) is 0 Å². The lowest BCUT2D eigenvalue weighted by atomic mass is 9.99. The summed E-state index contributed by atoms with van der Waals surface area (Å²) >= 11 is 0. The van der Waals surface area contributed by atoms with E-state index >= 15 is 0 Å². The molecule has 1 aliphatic heterocycles. The van der Waals surface area contributed by atoms with Crippen LogP contribution in [-0.4, -0.2) is 28.1 Å². The zero-order valence-electron chi connectivity index (χ0n) is 11.5. The molecule has 0 saturated carbocycles. The average Bonchev–Trinajstić information content (AvgIpc) is 2.75. The van der Waals surface area contributed by atoms with E-state index in [0.29, 0.717) is 12.4 Å². The van der Waals surface area contributed by atoms with Gasteiger partial charge in [-0.05, 0) is 18.9 Å². The van der Waals surface area contributed by atoms with Crippen LogP contribution >= 0.6 is 0 Å². The van der Waals surface area contributed by atoms with Gasteiger partial charge in [-0.1, -0.05) is 18.2 Å². The summed E-state index contributed by atoms with van der Waals surface area (Å²) in [5, 5.41) is 5.79. The molecule has 1 unspecified atom stereocenters. The van der Waals surface area contributed by atoms with Crippen molar-refractivity contribution in [2.45, 2.75) is 12.8 Å². The van der Waals surface area contributed by atoms with Gasteiger partial charge in [0.05, 0.1) is 17.8 Å². The minimum atomic E-state index is 0.156. The fraction of sp³-hybridized carbons (Fsp3) is 0.357. The predicted molar refractivity (Wildman–Crippen MR) is 80.6 cm³/mol. The first kappa shape index (κ1) is 12.7. The van der Waals surface area contributed by atoms with E-state index in [9.17, 15) is 0 Å². The number of fused-ring (bicyclic) bond motifs is 1. The molecule has 20 heavy (non-hydrogen) atoms. The van der Waals surface area contributed by atoms with Crippen LogP contribution in [0, 0.1) is 5.92 Å². The highest BCUT2D eigenvalue weighted by Crippen LogP contribution is 2.20. The zero-order chi connectivity index (χ0) is 14.1. The molecule has 4 N–H and O–H groups in total. The number of rotatable bonds is 3. The third-order valence-electron chi connectivity index (χ3n) is 3.70. The molecule has 1 aromatic carbocycles. The Morgan fingerprint density at radius 1 is 1.30 bits per heavy atom. The highest BCUT2D eigenvalue weighted by Gasteiger charge is 2.18. The number of hydrogen-bond donors (Lipinski definition) is 2. The number of nitrogens with zero attached hydrogens (tertiary/aromatic N) is 4. The van der Waals surface area contributed by atoms with E-state index < -0.39 is 0 Å². The lowest BCUT2D eigenvalue weighted by Crippen LogP contribution is -2.33.